The van der Waals surface area contributed by atoms with E-state index in [1.165, 1.54) is 20.2 Å². The molecule has 50 heavy (non-hydrogen) atoms. The molecule has 0 fully saturated rings. The molecule has 0 aliphatic carbocycles. The van der Waals surface area contributed by atoms with Crippen molar-refractivity contribution in [3.63, 3.8) is 0 Å². The number of rotatable bonds is 5. The number of furan rings is 1. The second kappa shape index (κ2) is 11.6. The number of fused-ring (bicyclic) bond motifs is 7. The first-order valence-electron chi connectivity index (χ1n) is 16.6. The van der Waals surface area contributed by atoms with Crippen LogP contribution >= 0.6 is 11.3 Å². The predicted octanol–water partition coefficient (Wildman–Crippen LogP) is 12.5. The van der Waals surface area contributed by atoms with Crippen LogP contribution in [0.25, 0.3) is 98.5 Å². The minimum Gasteiger partial charge on any atom is -0.438 e. The van der Waals surface area contributed by atoms with Crippen molar-refractivity contribution in [3.8, 4) is 56.3 Å². The molecular weight excluding hydrogens is 631 g/mol. The van der Waals surface area contributed by atoms with Gasteiger partial charge in [0.15, 0.2) is 5.82 Å². The van der Waals surface area contributed by atoms with E-state index < -0.39 is 0 Å². The topological polar surface area (TPSA) is 51.8 Å². The molecule has 0 unspecified atom stereocenters. The Morgan fingerprint density at radius 3 is 1.66 bits per heavy atom. The van der Waals surface area contributed by atoms with Gasteiger partial charge < -0.3 is 4.42 Å². The van der Waals surface area contributed by atoms with Crippen LogP contribution in [-0.4, -0.2) is 15.0 Å². The van der Waals surface area contributed by atoms with Crippen molar-refractivity contribution in [1.82, 2.24) is 15.0 Å². The van der Waals surface area contributed by atoms with Crippen molar-refractivity contribution in [3.05, 3.63) is 164 Å². The van der Waals surface area contributed by atoms with E-state index >= 15 is 0 Å². The third-order valence-electron chi connectivity index (χ3n) is 9.35. The molecule has 0 bridgehead atoms. The molecule has 6 aromatic carbocycles. The average molecular weight is 658 g/mol. The fraction of sp³-hybridized carbons (Fsp3) is 0. The van der Waals surface area contributed by atoms with Crippen LogP contribution in [0.3, 0.4) is 0 Å². The average Bonchev–Trinajstić information content (AvgIpc) is 3.77. The van der Waals surface area contributed by atoms with E-state index in [1.807, 2.05) is 48.5 Å². The molecule has 10 aromatic rings. The maximum atomic E-state index is 6.33. The molecule has 0 saturated heterocycles. The summed E-state index contributed by atoms with van der Waals surface area (Å²) in [4.78, 5) is 15.1. The van der Waals surface area contributed by atoms with Gasteiger partial charge in [0.1, 0.15) is 5.58 Å². The van der Waals surface area contributed by atoms with E-state index in [0.717, 1.165) is 66.8 Å². The van der Waals surface area contributed by atoms with Crippen LogP contribution in [0.4, 0.5) is 0 Å². The normalized spacial score (nSPS) is 11.6. The molecule has 0 radical (unpaired) electrons. The predicted molar refractivity (Wildman–Crippen MR) is 207 cm³/mol. The summed E-state index contributed by atoms with van der Waals surface area (Å²) in [6, 6.07) is 56.7. The van der Waals surface area contributed by atoms with Gasteiger partial charge in [0.2, 0.25) is 5.71 Å². The maximum Gasteiger partial charge on any atom is 0.228 e. The fourth-order valence-corrected chi connectivity index (χ4v) is 8.10. The fourth-order valence-electron chi connectivity index (χ4n) is 6.88. The number of thiophene rings is 1. The number of nitrogens with zero attached hydrogens (tertiary/aromatic N) is 3. The lowest BCUT2D eigenvalue weighted by Gasteiger charge is -2.10. The first-order chi connectivity index (χ1) is 24.8. The van der Waals surface area contributed by atoms with Crippen LogP contribution in [0.15, 0.2) is 168 Å². The number of benzene rings is 6. The van der Waals surface area contributed by atoms with Gasteiger partial charge in [0.25, 0.3) is 0 Å². The highest BCUT2D eigenvalue weighted by atomic mass is 32.1. The monoisotopic (exact) mass is 657 g/mol. The van der Waals surface area contributed by atoms with E-state index in [4.69, 9.17) is 19.4 Å². The molecule has 0 aliphatic rings. The highest BCUT2D eigenvalue weighted by molar-refractivity contribution is 7.26. The molecule has 0 amide bonds. The summed E-state index contributed by atoms with van der Waals surface area (Å²) in [5.41, 5.74) is 10.7. The summed E-state index contributed by atoms with van der Waals surface area (Å²) in [5.74, 6) is 0.712. The molecule has 5 heteroatoms. The van der Waals surface area contributed by atoms with Gasteiger partial charge in [-0.1, -0.05) is 146 Å². The van der Waals surface area contributed by atoms with Crippen molar-refractivity contribution < 1.29 is 4.42 Å². The number of hydrogen-bond acceptors (Lipinski definition) is 5. The molecule has 0 aliphatic heterocycles. The lowest BCUT2D eigenvalue weighted by atomic mass is 9.99. The van der Waals surface area contributed by atoms with E-state index in [2.05, 4.69) is 115 Å². The van der Waals surface area contributed by atoms with Crippen molar-refractivity contribution in [2.24, 2.45) is 0 Å². The summed E-state index contributed by atoms with van der Waals surface area (Å²) in [6.07, 6.45) is 0. The lowest BCUT2D eigenvalue weighted by molar-refractivity contribution is 0.655. The Balaban J connectivity index is 1.03. The highest BCUT2D eigenvalue weighted by Crippen LogP contribution is 2.45. The number of pyridine rings is 1. The third kappa shape index (κ3) is 4.79. The Bertz CT molecular complexity index is 2780. The first kappa shape index (κ1) is 28.6. The van der Waals surface area contributed by atoms with Crippen molar-refractivity contribution in [1.29, 1.82) is 0 Å². The Morgan fingerprint density at radius 1 is 0.420 bits per heavy atom. The molecule has 0 atom stereocenters. The van der Waals surface area contributed by atoms with Gasteiger partial charge in [0.05, 0.1) is 27.2 Å². The SMILES string of the molecule is c1ccc(-c2cc(-c3ccc(-c4ccc(-c5nc6oc7ccccc7c6c6c5sc5ccccc56)cc4)cc3)nc(-c3ccccc3)n2)cc1. The van der Waals surface area contributed by atoms with Crippen LogP contribution in [0.2, 0.25) is 0 Å². The minimum absolute atomic E-state index is 0.674. The molecule has 0 spiro atoms. The van der Waals surface area contributed by atoms with E-state index in [9.17, 15) is 0 Å². The van der Waals surface area contributed by atoms with Crippen LogP contribution in [-0.2, 0) is 0 Å². The zero-order chi connectivity index (χ0) is 33.0. The Labute approximate surface area is 292 Å². The number of para-hydroxylation sites is 1. The van der Waals surface area contributed by atoms with Gasteiger partial charge in [-0.3, -0.25) is 0 Å². The van der Waals surface area contributed by atoms with Crippen molar-refractivity contribution in [2.45, 2.75) is 0 Å². The number of hydrogen-bond donors (Lipinski definition) is 0. The highest BCUT2D eigenvalue weighted by Gasteiger charge is 2.20. The van der Waals surface area contributed by atoms with Crippen molar-refractivity contribution in [2.75, 3.05) is 0 Å². The smallest absolute Gasteiger partial charge is 0.228 e. The summed E-state index contributed by atoms with van der Waals surface area (Å²) < 4.78 is 8.75. The van der Waals surface area contributed by atoms with Gasteiger partial charge in [-0.15, -0.1) is 11.3 Å². The Morgan fingerprint density at radius 2 is 0.960 bits per heavy atom. The molecule has 0 saturated carbocycles. The van der Waals surface area contributed by atoms with E-state index in [1.54, 1.807) is 11.3 Å². The molecule has 4 aromatic heterocycles. The largest absolute Gasteiger partial charge is 0.438 e. The second-order valence-electron chi connectivity index (χ2n) is 12.4. The van der Waals surface area contributed by atoms with E-state index in [-0.39, 0.29) is 0 Å². The summed E-state index contributed by atoms with van der Waals surface area (Å²) >= 11 is 1.79. The molecule has 4 nitrogen and oxygen atoms in total. The lowest BCUT2D eigenvalue weighted by Crippen LogP contribution is -1.95. The third-order valence-corrected chi connectivity index (χ3v) is 10.5. The van der Waals surface area contributed by atoms with Crippen LogP contribution in [0.1, 0.15) is 0 Å². The number of aromatic nitrogens is 3. The Kier molecular flexibility index (Phi) is 6.64. The first-order valence-corrected chi connectivity index (χ1v) is 17.4. The quantitative estimate of drug-likeness (QED) is 0.185. The van der Waals surface area contributed by atoms with Crippen LogP contribution in [0.5, 0.6) is 0 Å². The summed E-state index contributed by atoms with van der Waals surface area (Å²) in [6.45, 7) is 0. The van der Waals surface area contributed by atoms with Crippen molar-refractivity contribution >= 4 is 53.6 Å². The zero-order valence-electron chi connectivity index (χ0n) is 26.7. The maximum absolute atomic E-state index is 6.33. The minimum atomic E-state index is 0.674. The standard InChI is InChI=1S/C45H27N3OS/c1-3-11-30(12-4-1)36-27-37(47-44(46-36)33-13-5-2-6-14-33)31-23-19-28(20-24-31)29-21-25-32(26-22-29)42-43-40(35-16-8-10-18-39(35)50-43)41-34-15-7-9-17-38(34)49-45(41)48-42/h1-27H. The van der Waals surface area contributed by atoms with Gasteiger partial charge in [-0.25, -0.2) is 15.0 Å². The second-order valence-corrected chi connectivity index (χ2v) is 13.4. The Hall–Kier alpha value is -6.43. The molecule has 0 N–H and O–H groups in total. The van der Waals surface area contributed by atoms with E-state index in [0.29, 0.717) is 11.5 Å². The molecule has 10 rings (SSSR count). The van der Waals surface area contributed by atoms with Crippen LogP contribution in [0, 0.1) is 0 Å². The summed E-state index contributed by atoms with van der Waals surface area (Å²) in [7, 11) is 0. The molecular formula is C45H27N3OS. The molecule has 4 heterocycles. The summed E-state index contributed by atoms with van der Waals surface area (Å²) in [5, 5.41) is 4.64. The van der Waals surface area contributed by atoms with Gasteiger partial charge in [0, 0.05) is 43.1 Å². The van der Waals surface area contributed by atoms with Crippen LogP contribution < -0.4 is 0 Å². The zero-order valence-corrected chi connectivity index (χ0v) is 27.6. The van der Waals surface area contributed by atoms with Gasteiger partial charge >= 0.3 is 0 Å². The van der Waals surface area contributed by atoms with Gasteiger partial charge in [-0.05, 0) is 29.3 Å². The molecule has 234 valence electrons. The van der Waals surface area contributed by atoms with Gasteiger partial charge in [-0.2, -0.15) is 0 Å².